The normalized spacial score (nSPS) is 12.2. The van der Waals surface area contributed by atoms with Crippen LogP contribution < -0.4 is 0 Å². The summed E-state index contributed by atoms with van der Waals surface area (Å²) >= 11 is 0. The zero-order chi connectivity index (χ0) is 20.8. The van der Waals surface area contributed by atoms with Crippen LogP contribution in [-0.2, 0) is 6.42 Å². The van der Waals surface area contributed by atoms with Crippen molar-refractivity contribution in [2.75, 3.05) is 0 Å². The molecule has 30 heavy (non-hydrogen) atoms. The van der Waals surface area contributed by atoms with Gasteiger partial charge >= 0.3 is 0 Å². The molecule has 0 saturated heterocycles. The van der Waals surface area contributed by atoms with Gasteiger partial charge in [0.05, 0.1) is 5.52 Å². The van der Waals surface area contributed by atoms with Crippen LogP contribution >= 0.6 is 0 Å². The molecule has 0 aliphatic carbocycles. The van der Waals surface area contributed by atoms with Crippen LogP contribution in [0.4, 0.5) is 0 Å². The van der Waals surface area contributed by atoms with Crippen LogP contribution in [0.25, 0.3) is 22.4 Å². The van der Waals surface area contributed by atoms with Gasteiger partial charge < -0.3 is 4.42 Å². The number of aromatic nitrogens is 3. The van der Waals surface area contributed by atoms with Crippen LogP contribution in [0.15, 0.2) is 65.2 Å². The number of pyridine rings is 1. The number of carbonyl (C=O) groups is 1. The first-order valence-corrected chi connectivity index (χ1v) is 10.5. The van der Waals surface area contributed by atoms with E-state index < -0.39 is 0 Å². The highest BCUT2D eigenvalue weighted by atomic mass is 16.4. The first-order valence-electron chi connectivity index (χ1n) is 10.5. The standard InChI is InChI=1S/C25H25N3O2/c1-2-3-5-11-19(18-9-6-4-7-10-18)16-23-27-28-25(30-23)22-14-13-20(17-29)24-21(22)12-8-15-26-24/h4,6-10,12-15,17,19H,2-3,5,11,16H2,1H3/t19-/m1/s1. The van der Waals surface area contributed by atoms with E-state index in [1.807, 2.05) is 24.3 Å². The summed E-state index contributed by atoms with van der Waals surface area (Å²) in [6, 6.07) is 17.9. The molecule has 0 unspecified atom stereocenters. The fraction of sp³-hybridized carbons (Fsp3) is 0.280. The van der Waals surface area contributed by atoms with Crippen molar-refractivity contribution >= 4 is 17.2 Å². The second-order valence-corrected chi connectivity index (χ2v) is 7.53. The van der Waals surface area contributed by atoms with Crippen molar-refractivity contribution in [1.82, 2.24) is 15.2 Å². The molecule has 2 heterocycles. The van der Waals surface area contributed by atoms with Gasteiger partial charge in [-0.05, 0) is 36.1 Å². The van der Waals surface area contributed by atoms with Crippen molar-refractivity contribution < 1.29 is 9.21 Å². The third-order valence-electron chi connectivity index (χ3n) is 5.47. The number of carbonyl (C=O) groups excluding carboxylic acids is 1. The second-order valence-electron chi connectivity index (χ2n) is 7.53. The molecular weight excluding hydrogens is 374 g/mol. The fourth-order valence-corrected chi connectivity index (χ4v) is 3.88. The van der Waals surface area contributed by atoms with E-state index in [9.17, 15) is 4.79 Å². The van der Waals surface area contributed by atoms with Crippen molar-refractivity contribution in [3.05, 3.63) is 77.8 Å². The van der Waals surface area contributed by atoms with Crippen molar-refractivity contribution in [3.8, 4) is 11.5 Å². The Morgan fingerprint density at radius 3 is 2.67 bits per heavy atom. The van der Waals surface area contributed by atoms with E-state index in [2.05, 4.69) is 46.4 Å². The molecule has 0 radical (unpaired) electrons. The minimum Gasteiger partial charge on any atom is -0.421 e. The summed E-state index contributed by atoms with van der Waals surface area (Å²) < 4.78 is 6.07. The molecule has 0 spiro atoms. The molecule has 0 aliphatic rings. The van der Waals surface area contributed by atoms with Crippen molar-refractivity contribution in [2.45, 2.75) is 44.9 Å². The maximum Gasteiger partial charge on any atom is 0.248 e. The quantitative estimate of drug-likeness (QED) is 0.255. The molecule has 4 aromatic rings. The Kier molecular flexibility index (Phi) is 6.28. The molecule has 0 aliphatic heterocycles. The Morgan fingerprint density at radius 1 is 1.00 bits per heavy atom. The number of nitrogens with zero attached hydrogens (tertiary/aromatic N) is 3. The predicted octanol–water partition coefficient (Wildman–Crippen LogP) is 6.00. The SMILES string of the molecule is CCCCC[C@H](Cc1nnc(-c2ccc(C=O)c3ncccc23)o1)c1ccccc1. The molecule has 0 fully saturated rings. The van der Waals surface area contributed by atoms with Gasteiger partial charge in [0.1, 0.15) is 0 Å². The zero-order valence-corrected chi connectivity index (χ0v) is 17.1. The number of hydrogen-bond acceptors (Lipinski definition) is 5. The average molecular weight is 399 g/mol. The predicted molar refractivity (Wildman–Crippen MR) is 117 cm³/mol. The molecule has 4 rings (SSSR count). The molecule has 0 saturated carbocycles. The Balaban J connectivity index is 1.62. The molecule has 1 atom stereocenters. The minimum absolute atomic E-state index is 0.349. The van der Waals surface area contributed by atoms with E-state index in [1.54, 1.807) is 12.3 Å². The lowest BCUT2D eigenvalue weighted by Crippen LogP contribution is -2.03. The van der Waals surface area contributed by atoms with Crippen LogP contribution in [0.1, 0.15) is 60.3 Å². The maximum atomic E-state index is 11.3. The van der Waals surface area contributed by atoms with Crippen LogP contribution in [0.5, 0.6) is 0 Å². The monoisotopic (exact) mass is 399 g/mol. The van der Waals surface area contributed by atoms with Crippen LogP contribution in [0.2, 0.25) is 0 Å². The smallest absolute Gasteiger partial charge is 0.248 e. The molecule has 2 aromatic carbocycles. The third kappa shape index (κ3) is 4.30. The van der Waals surface area contributed by atoms with E-state index in [1.165, 1.54) is 24.8 Å². The van der Waals surface area contributed by atoms with Crippen molar-refractivity contribution in [2.24, 2.45) is 0 Å². The van der Waals surface area contributed by atoms with E-state index in [4.69, 9.17) is 4.42 Å². The van der Waals surface area contributed by atoms with E-state index >= 15 is 0 Å². The van der Waals surface area contributed by atoms with Gasteiger partial charge in [-0.1, -0.05) is 62.6 Å². The van der Waals surface area contributed by atoms with Gasteiger partial charge in [-0.25, -0.2) is 0 Å². The summed E-state index contributed by atoms with van der Waals surface area (Å²) in [5, 5.41) is 9.46. The molecule has 5 heteroatoms. The highest BCUT2D eigenvalue weighted by molar-refractivity contribution is 6.01. The number of rotatable bonds is 9. The molecule has 0 bridgehead atoms. The first kappa shape index (κ1) is 20.0. The van der Waals surface area contributed by atoms with Gasteiger partial charge in [-0.2, -0.15) is 0 Å². The molecular formula is C25H25N3O2. The Labute approximate surface area is 176 Å². The summed E-state index contributed by atoms with van der Waals surface area (Å²) in [5.74, 6) is 1.44. The number of unbranched alkanes of at least 4 members (excludes halogenated alkanes) is 2. The lowest BCUT2D eigenvalue weighted by molar-refractivity contribution is 0.112. The average Bonchev–Trinajstić information content (AvgIpc) is 3.26. The number of hydrogen-bond donors (Lipinski definition) is 0. The highest BCUT2D eigenvalue weighted by Crippen LogP contribution is 2.31. The first-order chi connectivity index (χ1) is 14.8. The van der Waals surface area contributed by atoms with Crippen LogP contribution in [0.3, 0.4) is 0 Å². The minimum atomic E-state index is 0.349. The van der Waals surface area contributed by atoms with Gasteiger partial charge in [0.25, 0.3) is 0 Å². The molecule has 0 amide bonds. The summed E-state index contributed by atoms with van der Waals surface area (Å²) in [6.07, 6.45) is 7.91. The lowest BCUT2D eigenvalue weighted by Gasteiger charge is -2.15. The summed E-state index contributed by atoms with van der Waals surface area (Å²) in [7, 11) is 0. The van der Waals surface area contributed by atoms with Gasteiger partial charge in [0.2, 0.25) is 11.8 Å². The Morgan fingerprint density at radius 2 is 1.87 bits per heavy atom. The lowest BCUT2D eigenvalue weighted by atomic mass is 9.90. The van der Waals surface area contributed by atoms with Gasteiger partial charge in [-0.15, -0.1) is 10.2 Å². The fourth-order valence-electron chi connectivity index (χ4n) is 3.88. The van der Waals surface area contributed by atoms with Crippen LogP contribution in [0, 0.1) is 0 Å². The Hall–Kier alpha value is -3.34. The summed E-state index contributed by atoms with van der Waals surface area (Å²) in [4.78, 5) is 15.7. The molecule has 2 aromatic heterocycles. The van der Waals surface area contributed by atoms with Gasteiger partial charge in [0, 0.05) is 29.1 Å². The van der Waals surface area contributed by atoms with Gasteiger partial charge in [0.15, 0.2) is 6.29 Å². The largest absolute Gasteiger partial charge is 0.421 e. The van der Waals surface area contributed by atoms with Crippen molar-refractivity contribution in [1.29, 1.82) is 0 Å². The maximum absolute atomic E-state index is 11.3. The second kappa shape index (κ2) is 9.44. The summed E-state index contributed by atoms with van der Waals surface area (Å²) in [5.41, 5.74) is 3.30. The topological polar surface area (TPSA) is 68.9 Å². The highest BCUT2D eigenvalue weighted by Gasteiger charge is 2.18. The third-order valence-corrected chi connectivity index (χ3v) is 5.47. The number of aldehydes is 1. The van der Waals surface area contributed by atoms with E-state index in [-0.39, 0.29) is 0 Å². The number of fused-ring (bicyclic) bond motifs is 1. The van der Waals surface area contributed by atoms with E-state index in [0.717, 1.165) is 23.7 Å². The van der Waals surface area contributed by atoms with Gasteiger partial charge in [-0.3, -0.25) is 9.78 Å². The summed E-state index contributed by atoms with van der Waals surface area (Å²) in [6.45, 7) is 2.22. The molecule has 0 N–H and O–H groups in total. The number of benzene rings is 2. The van der Waals surface area contributed by atoms with Crippen LogP contribution in [-0.4, -0.2) is 21.5 Å². The van der Waals surface area contributed by atoms with Crippen molar-refractivity contribution in [3.63, 3.8) is 0 Å². The Bertz CT molecular complexity index is 1120. The molecule has 152 valence electrons. The zero-order valence-electron chi connectivity index (χ0n) is 17.1. The molecule has 5 nitrogen and oxygen atoms in total. The van der Waals surface area contributed by atoms with E-state index in [0.29, 0.717) is 35.2 Å².